The van der Waals surface area contributed by atoms with Gasteiger partial charge in [-0.15, -0.1) is 0 Å². The fourth-order valence-corrected chi connectivity index (χ4v) is 2.48. The third-order valence-electron chi connectivity index (χ3n) is 3.23. The number of amidine groups is 1. The number of hydrogen-bond acceptors (Lipinski definition) is 2. The third-order valence-corrected chi connectivity index (χ3v) is 3.61. The molecule has 0 atom stereocenters. The van der Waals surface area contributed by atoms with Crippen LogP contribution in [0, 0.1) is 5.82 Å². The number of halogens is 2. The Hall–Kier alpha value is -1.13. The molecule has 3 nitrogen and oxygen atoms in total. The molecule has 0 heterocycles. The van der Waals surface area contributed by atoms with E-state index in [-0.39, 0.29) is 11.1 Å². The van der Waals surface area contributed by atoms with E-state index in [1.807, 2.05) is 0 Å². The van der Waals surface area contributed by atoms with Gasteiger partial charge in [0.25, 0.3) is 0 Å². The molecule has 0 aromatic heterocycles. The van der Waals surface area contributed by atoms with Crippen molar-refractivity contribution in [3.63, 3.8) is 0 Å². The van der Waals surface area contributed by atoms with E-state index < -0.39 is 5.82 Å². The van der Waals surface area contributed by atoms with Crippen LogP contribution in [0.25, 0.3) is 0 Å². The summed E-state index contributed by atoms with van der Waals surface area (Å²) >= 11 is 5.93. The summed E-state index contributed by atoms with van der Waals surface area (Å²) in [4.78, 5) is 4.56. The van der Waals surface area contributed by atoms with Crippen molar-refractivity contribution in [3.05, 3.63) is 34.6 Å². The first-order valence-corrected chi connectivity index (χ1v) is 6.59. The number of nitrogens with zero attached hydrogens (tertiary/aromatic N) is 1. The van der Waals surface area contributed by atoms with Crippen molar-refractivity contribution in [1.29, 1.82) is 0 Å². The quantitative estimate of drug-likeness (QED) is 0.375. The van der Waals surface area contributed by atoms with E-state index in [2.05, 4.69) is 10.4 Å². The molecule has 0 saturated heterocycles. The van der Waals surface area contributed by atoms with Crippen LogP contribution in [0.4, 0.5) is 4.39 Å². The largest absolute Gasteiger partial charge is 0.308 e. The summed E-state index contributed by atoms with van der Waals surface area (Å²) in [6, 6.07) is 4.89. The summed E-state index contributed by atoms with van der Waals surface area (Å²) in [5, 5.41) is 0.0602. The Kier molecular flexibility index (Phi) is 4.55. The standard InChI is InChI=1S/C13H17ClFN3/c14-12-10(7-4-8-11(12)15)13(18-16)17-9-5-2-1-3-6-9/h4,7-9H,1-3,5-6,16H2,(H,17,18). The number of nitrogens with two attached hydrogens (primary N) is 1. The van der Waals surface area contributed by atoms with Crippen LogP contribution in [-0.4, -0.2) is 11.9 Å². The fraction of sp³-hybridized carbons (Fsp3) is 0.462. The molecule has 2 rings (SSSR count). The third kappa shape index (κ3) is 3.00. The molecule has 1 aromatic carbocycles. The number of hydrogen-bond donors (Lipinski definition) is 2. The zero-order chi connectivity index (χ0) is 13.0. The molecule has 0 bridgehead atoms. The van der Waals surface area contributed by atoms with Gasteiger partial charge in [0.05, 0.1) is 11.1 Å². The van der Waals surface area contributed by atoms with Crippen LogP contribution in [0.3, 0.4) is 0 Å². The van der Waals surface area contributed by atoms with Gasteiger partial charge in [0, 0.05) is 5.56 Å². The highest BCUT2D eigenvalue weighted by Gasteiger charge is 2.16. The van der Waals surface area contributed by atoms with Crippen LogP contribution >= 0.6 is 11.6 Å². The molecule has 3 N–H and O–H groups in total. The normalized spacial score (nSPS) is 17.8. The zero-order valence-electron chi connectivity index (χ0n) is 10.1. The number of hydrazine groups is 1. The summed E-state index contributed by atoms with van der Waals surface area (Å²) in [7, 11) is 0. The van der Waals surface area contributed by atoms with Gasteiger partial charge < -0.3 is 5.43 Å². The van der Waals surface area contributed by atoms with Crippen molar-refractivity contribution >= 4 is 17.4 Å². The maximum Gasteiger partial charge on any atom is 0.144 e. The van der Waals surface area contributed by atoms with E-state index >= 15 is 0 Å². The second kappa shape index (κ2) is 6.16. The molecule has 1 aliphatic rings. The summed E-state index contributed by atoms with van der Waals surface area (Å²) in [5.74, 6) is 5.49. The van der Waals surface area contributed by atoms with Gasteiger partial charge in [-0.05, 0) is 25.0 Å². The van der Waals surface area contributed by atoms with Gasteiger partial charge in [-0.2, -0.15) is 0 Å². The summed E-state index contributed by atoms with van der Waals surface area (Å²) in [6.07, 6.45) is 5.74. The van der Waals surface area contributed by atoms with E-state index in [4.69, 9.17) is 17.4 Å². The van der Waals surface area contributed by atoms with Gasteiger partial charge in [0.15, 0.2) is 0 Å². The number of nitrogens with one attached hydrogen (secondary N) is 1. The molecule has 0 amide bonds. The Morgan fingerprint density at radius 2 is 2.06 bits per heavy atom. The first-order chi connectivity index (χ1) is 8.72. The van der Waals surface area contributed by atoms with Crippen LogP contribution < -0.4 is 11.3 Å². The number of aliphatic imine (C=N–C) groups is 1. The zero-order valence-corrected chi connectivity index (χ0v) is 10.9. The van der Waals surface area contributed by atoms with Gasteiger partial charge in [-0.3, -0.25) is 4.99 Å². The van der Waals surface area contributed by atoms with Crippen LogP contribution in [-0.2, 0) is 0 Å². The van der Waals surface area contributed by atoms with Gasteiger partial charge in [-0.1, -0.05) is 36.9 Å². The van der Waals surface area contributed by atoms with Crippen molar-refractivity contribution in [2.24, 2.45) is 10.8 Å². The Labute approximate surface area is 111 Å². The predicted molar refractivity (Wildman–Crippen MR) is 72.1 cm³/mol. The van der Waals surface area contributed by atoms with E-state index in [1.54, 1.807) is 12.1 Å². The minimum Gasteiger partial charge on any atom is -0.308 e. The van der Waals surface area contributed by atoms with Crippen LogP contribution in [0.15, 0.2) is 23.2 Å². The molecule has 1 fully saturated rings. The maximum atomic E-state index is 13.4. The van der Waals surface area contributed by atoms with Gasteiger partial charge >= 0.3 is 0 Å². The molecule has 0 spiro atoms. The lowest BCUT2D eigenvalue weighted by Gasteiger charge is -2.19. The van der Waals surface area contributed by atoms with Crippen molar-refractivity contribution in [1.82, 2.24) is 5.43 Å². The topological polar surface area (TPSA) is 50.4 Å². The molecule has 1 aliphatic carbocycles. The number of benzene rings is 1. The first-order valence-electron chi connectivity index (χ1n) is 6.21. The van der Waals surface area contributed by atoms with Gasteiger partial charge in [0.2, 0.25) is 0 Å². The van der Waals surface area contributed by atoms with Crippen LogP contribution in [0.1, 0.15) is 37.7 Å². The SMILES string of the molecule is NNC(=NC1CCCCC1)c1cccc(F)c1Cl. The molecule has 1 saturated carbocycles. The van der Waals surface area contributed by atoms with Gasteiger partial charge in [-0.25, -0.2) is 10.2 Å². The molecule has 0 unspecified atom stereocenters. The van der Waals surface area contributed by atoms with Crippen molar-refractivity contribution < 1.29 is 4.39 Å². The molecule has 1 aromatic rings. The second-order valence-electron chi connectivity index (χ2n) is 4.52. The van der Waals surface area contributed by atoms with Crippen molar-refractivity contribution in [2.75, 3.05) is 0 Å². The molecule has 5 heteroatoms. The molecular formula is C13H17ClFN3. The van der Waals surface area contributed by atoms with E-state index in [1.165, 1.54) is 25.3 Å². The molecule has 0 aliphatic heterocycles. The van der Waals surface area contributed by atoms with Crippen molar-refractivity contribution in [2.45, 2.75) is 38.1 Å². The predicted octanol–water partition coefficient (Wildman–Crippen LogP) is 3.02. The maximum absolute atomic E-state index is 13.4. The smallest absolute Gasteiger partial charge is 0.144 e. The fourth-order valence-electron chi connectivity index (χ4n) is 2.26. The van der Waals surface area contributed by atoms with Crippen molar-refractivity contribution in [3.8, 4) is 0 Å². The molecule has 0 radical (unpaired) electrons. The lowest BCUT2D eigenvalue weighted by Crippen LogP contribution is -2.33. The van der Waals surface area contributed by atoms with E-state index in [0.29, 0.717) is 11.4 Å². The first kappa shape index (κ1) is 13.3. The summed E-state index contributed by atoms with van der Waals surface area (Å²) in [5.41, 5.74) is 3.05. The Balaban J connectivity index is 2.26. The average Bonchev–Trinajstić information content (AvgIpc) is 2.41. The Morgan fingerprint density at radius 1 is 1.33 bits per heavy atom. The minimum atomic E-state index is -0.458. The monoisotopic (exact) mass is 269 g/mol. The molecular weight excluding hydrogens is 253 g/mol. The Bertz CT molecular complexity index is 442. The highest BCUT2D eigenvalue weighted by molar-refractivity contribution is 6.34. The summed E-state index contributed by atoms with van der Waals surface area (Å²) in [6.45, 7) is 0. The lowest BCUT2D eigenvalue weighted by atomic mass is 9.96. The average molecular weight is 270 g/mol. The molecule has 18 heavy (non-hydrogen) atoms. The van der Waals surface area contributed by atoms with E-state index in [9.17, 15) is 4.39 Å². The Morgan fingerprint density at radius 3 is 2.72 bits per heavy atom. The van der Waals surface area contributed by atoms with Crippen LogP contribution in [0.5, 0.6) is 0 Å². The number of rotatable bonds is 2. The summed E-state index contributed by atoms with van der Waals surface area (Å²) < 4.78 is 13.4. The lowest BCUT2D eigenvalue weighted by molar-refractivity contribution is 0.442. The highest BCUT2D eigenvalue weighted by Crippen LogP contribution is 2.23. The minimum absolute atomic E-state index is 0.0602. The highest BCUT2D eigenvalue weighted by atomic mass is 35.5. The second-order valence-corrected chi connectivity index (χ2v) is 4.89. The van der Waals surface area contributed by atoms with E-state index in [0.717, 1.165) is 12.8 Å². The van der Waals surface area contributed by atoms with Gasteiger partial charge in [0.1, 0.15) is 11.7 Å². The molecule has 98 valence electrons. The van der Waals surface area contributed by atoms with Crippen LogP contribution in [0.2, 0.25) is 5.02 Å².